The molecular formula is C14H19N3O2. The minimum atomic E-state index is -0.449. The lowest BCUT2D eigenvalue weighted by molar-refractivity contribution is -0.125. The fourth-order valence-electron chi connectivity index (χ4n) is 2.37. The summed E-state index contributed by atoms with van der Waals surface area (Å²) in [6.45, 7) is 0.462. The topological polar surface area (TPSA) is 98.2 Å². The Balaban J connectivity index is 1.85. The molecule has 1 aromatic carbocycles. The third kappa shape index (κ3) is 3.54. The van der Waals surface area contributed by atoms with Gasteiger partial charge in [-0.25, -0.2) is 0 Å². The standard InChI is InChI=1S/C14H19N3O2/c15-12-6-5-11(7-12)14(19)17-8-9-1-3-10(4-2-9)13(16)18/h1-4,11-12H,5-8,15H2,(H2,16,18)(H,17,19)/t11-,12+/m0/s1. The van der Waals surface area contributed by atoms with Gasteiger partial charge in [0.15, 0.2) is 0 Å². The van der Waals surface area contributed by atoms with Gasteiger partial charge >= 0.3 is 0 Å². The van der Waals surface area contributed by atoms with E-state index >= 15 is 0 Å². The van der Waals surface area contributed by atoms with Crippen LogP contribution in [0.15, 0.2) is 24.3 Å². The van der Waals surface area contributed by atoms with Crippen molar-refractivity contribution < 1.29 is 9.59 Å². The van der Waals surface area contributed by atoms with Crippen LogP contribution >= 0.6 is 0 Å². The van der Waals surface area contributed by atoms with E-state index in [1.165, 1.54) is 0 Å². The zero-order chi connectivity index (χ0) is 13.8. The van der Waals surface area contributed by atoms with Gasteiger partial charge in [0, 0.05) is 24.1 Å². The lowest BCUT2D eigenvalue weighted by Gasteiger charge is -2.11. The van der Waals surface area contributed by atoms with Crippen LogP contribution in [-0.2, 0) is 11.3 Å². The number of hydrogen-bond acceptors (Lipinski definition) is 3. The molecule has 1 aliphatic carbocycles. The summed E-state index contributed by atoms with van der Waals surface area (Å²) in [6, 6.07) is 7.07. The highest BCUT2D eigenvalue weighted by Gasteiger charge is 2.27. The summed E-state index contributed by atoms with van der Waals surface area (Å²) < 4.78 is 0. The zero-order valence-electron chi connectivity index (χ0n) is 10.8. The molecule has 1 aromatic rings. The Hall–Kier alpha value is -1.88. The number of carbonyl (C=O) groups excluding carboxylic acids is 2. The molecule has 0 aromatic heterocycles. The van der Waals surface area contributed by atoms with Crippen molar-refractivity contribution in [3.8, 4) is 0 Å². The van der Waals surface area contributed by atoms with Gasteiger partial charge in [-0.2, -0.15) is 0 Å². The molecule has 102 valence electrons. The summed E-state index contributed by atoms with van der Waals surface area (Å²) in [6.07, 6.45) is 2.56. The first-order valence-electron chi connectivity index (χ1n) is 6.48. The number of amides is 2. The van der Waals surface area contributed by atoms with Crippen LogP contribution in [0, 0.1) is 5.92 Å². The van der Waals surface area contributed by atoms with E-state index in [9.17, 15) is 9.59 Å². The molecule has 5 heteroatoms. The second kappa shape index (κ2) is 5.84. The quantitative estimate of drug-likeness (QED) is 0.737. The van der Waals surface area contributed by atoms with E-state index in [2.05, 4.69) is 5.32 Å². The molecule has 0 heterocycles. The van der Waals surface area contributed by atoms with Crippen LogP contribution < -0.4 is 16.8 Å². The number of carbonyl (C=O) groups is 2. The van der Waals surface area contributed by atoms with E-state index in [0.717, 1.165) is 24.8 Å². The van der Waals surface area contributed by atoms with E-state index in [-0.39, 0.29) is 17.9 Å². The highest BCUT2D eigenvalue weighted by atomic mass is 16.2. The molecule has 5 N–H and O–H groups in total. The van der Waals surface area contributed by atoms with Crippen LogP contribution in [0.3, 0.4) is 0 Å². The Morgan fingerprint density at radius 1 is 1.21 bits per heavy atom. The first-order chi connectivity index (χ1) is 9.06. The second-order valence-electron chi connectivity index (χ2n) is 5.05. The number of nitrogens with one attached hydrogen (secondary N) is 1. The molecular weight excluding hydrogens is 242 g/mol. The van der Waals surface area contributed by atoms with E-state index in [0.29, 0.717) is 12.1 Å². The molecule has 0 unspecified atom stereocenters. The molecule has 1 fully saturated rings. The van der Waals surface area contributed by atoms with Crippen molar-refractivity contribution in [3.05, 3.63) is 35.4 Å². The van der Waals surface area contributed by atoms with Gasteiger partial charge in [-0.3, -0.25) is 9.59 Å². The summed E-state index contributed by atoms with van der Waals surface area (Å²) in [5.74, 6) is -0.345. The van der Waals surface area contributed by atoms with Crippen LogP contribution in [-0.4, -0.2) is 17.9 Å². The van der Waals surface area contributed by atoms with E-state index in [4.69, 9.17) is 11.5 Å². The van der Waals surface area contributed by atoms with Crippen LogP contribution in [0.4, 0.5) is 0 Å². The van der Waals surface area contributed by atoms with Gasteiger partial charge in [0.1, 0.15) is 0 Å². The number of benzene rings is 1. The summed E-state index contributed by atoms with van der Waals surface area (Å²) in [5, 5.41) is 2.90. The van der Waals surface area contributed by atoms with Crippen molar-refractivity contribution in [2.45, 2.75) is 31.8 Å². The van der Waals surface area contributed by atoms with Gasteiger partial charge in [-0.05, 0) is 37.0 Å². The minimum absolute atomic E-state index is 0.0416. The van der Waals surface area contributed by atoms with Crippen molar-refractivity contribution in [2.24, 2.45) is 17.4 Å². The van der Waals surface area contributed by atoms with E-state index in [1.54, 1.807) is 24.3 Å². The number of nitrogens with two attached hydrogens (primary N) is 2. The van der Waals surface area contributed by atoms with Crippen LogP contribution in [0.2, 0.25) is 0 Å². The third-order valence-corrected chi connectivity index (χ3v) is 3.55. The summed E-state index contributed by atoms with van der Waals surface area (Å²) in [4.78, 5) is 22.8. The van der Waals surface area contributed by atoms with E-state index in [1.807, 2.05) is 0 Å². The van der Waals surface area contributed by atoms with Crippen molar-refractivity contribution >= 4 is 11.8 Å². The number of hydrogen-bond donors (Lipinski definition) is 3. The molecule has 0 aliphatic heterocycles. The van der Waals surface area contributed by atoms with Gasteiger partial charge in [-0.1, -0.05) is 12.1 Å². The van der Waals surface area contributed by atoms with Gasteiger partial charge < -0.3 is 16.8 Å². The maximum absolute atomic E-state index is 11.9. The highest BCUT2D eigenvalue weighted by molar-refractivity contribution is 5.92. The molecule has 2 rings (SSSR count). The fourth-order valence-corrected chi connectivity index (χ4v) is 2.37. The molecule has 0 bridgehead atoms. The molecule has 5 nitrogen and oxygen atoms in total. The Labute approximate surface area is 112 Å². The SMILES string of the molecule is NC(=O)c1ccc(CNC(=O)[C@H]2CC[C@@H](N)C2)cc1. The average molecular weight is 261 g/mol. The number of rotatable bonds is 4. The second-order valence-corrected chi connectivity index (χ2v) is 5.05. The summed E-state index contributed by atoms with van der Waals surface area (Å²) >= 11 is 0. The maximum atomic E-state index is 11.9. The highest BCUT2D eigenvalue weighted by Crippen LogP contribution is 2.24. The van der Waals surface area contributed by atoms with Gasteiger partial charge in [0.25, 0.3) is 0 Å². The molecule has 1 saturated carbocycles. The van der Waals surface area contributed by atoms with Crippen molar-refractivity contribution in [1.29, 1.82) is 0 Å². The van der Waals surface area contributed by atoms with Gasteiger partial charge in [0.05, 0.1) is 0 Å². The van der Waals surface area contributed by atoms with Crippen molar-refractivity contribution in [2.75, 3.05) is 0 Å². The van der Waals surface area contributed by atoms with E-state index < -0.39 is 5.91 Å². The van der Waals surface area contributed by atoms with Crippen molar-refractivity contribution in [1.82, 2.24) is 5.32 Å². The predicted octanol–water partition coefficient (Wildman–Crippen LogP) is 0.529. The van der Waals surface area contributed by atoms with Crippen LogP contribution in [0.25, 0.3) is 0 Å². The van der Waals surface area contributed by atoms with Gasteiger partial charge in [0.2, 0.25) is 11.8 Å². The Kier molecular flexibility index (Phi) is 4.16. The summed E-state index contributed by atoms with van der Waals surface area (Å²) in [7, 11) is 0. The fraction of sp³-hybridized carbons (Fsp3) is 0.429. The number of primary amides is 1. The Morgan fingerprint density at radius 3 is 2.42 bits per heavy atom. The molecule has 0 radical (unpaired) electrons. The lowest BCUT2D eigenvalue weighted by Crippen LogP contribution is -2.30. The largest absolute Gasteiger partial charge is 0.366 e. The molecule has 0 saturated heterocycles. The molecule has 1 aliphatic rings. The smallest absolute Gasteiger partial charge is 0.248 e. The van der Waals surface area contributed by atoms with Crippen molar-refractivity contribution in [3.63, 3.8) is 0 Å². The maximum Gasteiger partial charge on any atom is 0.248 e. The first kappa shape index (κ1) is 13.5. The average Bonchev–Trinajstić information content (AvgIpc) is 2.83. The Bertz CT molecular complexity index is 470. The molecule has 0 spiro atoms. The zero-order valence-corrected chi connectivity index (χ0v) is 10.8. The normalized spacial score (nSPS) is 22.2. The third-order valence-electron chi connectivity index (χ3n) is 3.55. The molecule has 19 heavy (non-hydrogen) atoms. The minimum Gasteiger partial charge on any atom is -0.366 e. The molecule has 2 atom stereocenters. The first-order valence-corrected chi connectivity index (χ1v) is 6.48. The van der Waals surface area contributed by atoms with Gasteiger partial charge in [-0.15, -0.1) is 0 Å². The van der Waals surface area contributed by atoms with Crippen LogP contribution in [0.5, 0.6) is 0 Å². The molecule has 2 amide bonds. The van der Waals surface area contributed by atoms with Crippen LogP contribution in [0.1, 0.15) is 35.2 Å². The summed E-state index contributed by atoms with van der Waals surface area (Å²) in [5.41, 5.74) is 12.4. The lowest BCUT2D eigenvalue weighted by atomic mass is 10.1. The predicted molar refractivity (Wildman–Crippen MR) is 72.1 cm³/mol. The Morgan fingerprint density at radius 2 is 1.89 bits per heavy atom. The monoisotopic (exact) mass is 261 g/mol.